The van der Waals surface area contributed by atoms with E-state index in [2.05, 4.69) is 36.4 Å². The Balaban J connectivity index is 2.45. The van der Waals surface area contributed by atoms with Crippen molar-refractivity contribution >= 4 is 5.82 Å². The second-order valence-corrected chi connectivity index (χ2v) is 5.25. The normalized spacial score (nSPS) is 11.8. The smallest absolute Gasteiger partial charge is 0.144 e. The second-order valence-electron chi connectivity index (χ2n) is 5.25. The Morgan fingerprint density at radius 3 is 2.88 bits per heavy atom. The Bertz CT molecular complexity index is 318. The zero-order valence-electron chi connectivity index (χ0n) is 11.2. The molecular weight excluding hydrogens is 214 g/mol. The molecule has 0 aliphatic carbocycles. The summed E-state index contributed by atoms with van der Waals surface area (Å²) in [6, 6.07) is 0. The molecule has 0 spiro atoms. The van der Waals surface area contributed by atoms with Crippen LogP contribution in [0.3, 0.4) is 0 Å². The quantitative estimate of drug-likeness (QED) is 0.726. The molecule has 0 atom stereocenters. The number of nitrogens with zero attached hydrogens (tertiary/aromatic N) is 3. The number of rotatable bonds is 8. The third-order valence-corrected chi connectivity index (χ3v) is 2.86. The first-order valence-corrected chi connectivity index (χ1v) is 6.41. The molecule has 0 amide bonds. The fourth-order valence-corrected chi connectivity index (χ4v) is 1.77. The molecule has 98 valence electrons. The fourth-order valence-electron chi connectivity index (χ4n) is 1.77. The Morgan fingerprint density at radius 2 is 2.24 bits per heavy atom. The van der Waals surface area contributed by atoms with Crippen molar-refractivity contribution in [2.75, 3.05) is 18.4 Å². The van der Waals surface area contributed by atoms with E-state index in [1.54, 1.807) is 6.20 Å². The van der Waals surface area contributed by atoms with Crippen LogP contribution in [0.25, 0.3) is 0 Å². The molecule has 0 unspecified atom stereocenters. The van der Waals surface area contributed by atoms with Gasteiger partial charge in [0.25, 0.3) is 0 Å². The van der Waals surface area contributed by atoms with Gasteiger partial charge in [-0.2, -0.15) is 0 Å². The van der Waals surface area contributed by atoms with Gasteiger partial charge in [0, 0.05) is 13.1 Å². The average Bonchev–Trinajstić information content (AvgIpc) is 2.72. The zero-order chi connectivity index (χ0) is 12.7. The molecule has 0 radical (unpaired) electrons. The number of hydrogen-bond acceptors (Lipinski definition) is 4. The monoisotopic (exact) mass is 239 g/mol. The van der Waals surface area contributed by atoms with Crippen molar-refractivity contribution in [2.45, 2.75) is 46.6 Å². The van der Waals surface area contributed by atoms with E-state index in [1.165, 1.54) is 0 Å². The fraction of sp³-hybridized carbons (Fsp3) is 0.833. The van der Waals surface area contributed by atoms with Gasteiger partial charge in [0.2, 0.25) is 0 Å². The first kappa shape index (κ1) is 14.0. The lowest BCUT2D eigenvalue weighted by Crippen LogP contribution is -2.25. The molecule has 0 bridgehead atoms. The number of aromatic nitrogens is 3. The molecule has 0 aromatic carbocycles. The van der Waals surface area contributed by atoms with Crippen molar-refractivity contribution in [2.24, 2.45) is 11.1 Å². The van der Waals surface area contributed by atoms with E-state index in [4.69, 9.17) is 5.73 Å². The van der Waals surface area contributed by atoms with Gasteiger partial charge in [0.1, 0.15) is 5.82 Å². The maximum absolute atomic E-state index is 5.55. The van der Waals surface area contributed by atoms with Crippen LogP contribution in [0.5, 0.6) is 0 Å². The van der Waals surface area contributed by atoms with Crippen LogP contribution < -0.4 is 11.1 Å². The summed E-state index contributed by atoms with van der Waals surface area (Å²) in [6.07, 6.45) is 5.05. The molecule has 0 aliphatic rings. The minimum Gasteiger partial charge on any atom is -0.368 e. The SMILES string of the molecule is CCCn1nncc1NCC(C)(C)CCCN. The van der Waals surface area contributed by atoms with Crippen LogP contribution in [0.15, 0.2) is 6.20 Å². The van der Waals surface area contributed by atoms with E-state index in [0.717, 1.165) is 44.7 Å². The van der Waals surface area contributed by atoms with Crippen LogP contribution in [0.2, 0.25) is 0 Å². The van der Waals surface area contributed by atoms with Gasteiger partial charge < -0.3 is 11.1 Å². The molecule has 1 aromatic heterocycles. The lowest BCUT2D eigenvalue weighted by atomic mass is 9.88. The van der Waals surface area contributed by atoms with Crippen molar-refractivity contribution in [1.29, 1.82) is 0 Å². The first-order valence-electron chi connectivity index (χ1n) is 6.41. The Morgan fingerprint density at radius 1 is 1.47 bits per heavy atom. The Kier molecular flexibility index (Phi) is 5.41. The summed E-state index contributed by atoms with van der Waals surface area (Å²) >= 11 is 0. The van der Waals surface area contributed by atoms with Crippen molar-refractivity contribution in [3.05, 3.63) is 6.20 Å². The topological polar surface area (TPSA) is 68.8 Å². The van der Waals surface area contributed by atoms with Crippen LogP contribution in [0.1, 0.15) is 40.0 Å². The second kappa shape index (κ2) is 6.59. The number of anilines is 1. The lowest BCUT2D eigenvalue weighted by Gasteiger charge is -2.25. The highest BCUT2D eigenvalue weighted by molar-refractivity contribution is 5.31. The number of nitrogens with one attached hydrogen (secondary N) is 1. The van der Waals surface area contributed by atoms with Gasteiger partial charge in [-0.05, 0) is 31.2 Å². The predicted octanol–water partition coefficient (Wildman–Crippen LogP) is 1.87. The molecular formula is C12H25N5. The molecule has 1 heterocycles. The maximum atomic E-state index is 5.55. The molecule has 5 nitrogen and oxygen atoms in total. The summed E-state index contributed by atoms with van der Waals surface area (Å²) in [6.45, 7) is 9.23. The highest BCUT2D eigenvalue weighted by Gasteiger charge is 2.17. The van der Waals surface area contributed by atoms with E-state index in [9.17, 15) is 0 Å². The highest BCUT2D eigenvalue weighted by atomic mass is 15.4. The van der Waals surface area contributed by atoms with Crippen molar-refractivity contribution in [3.8, 4) is 0 Å². The minimum absolute atomic E-state index is 0.251. The molecule has 0 saturated heterocycles. The van der Waals surface area contributed by atoms with Crippen molar-refractivity contribution in [1.82, 2.24) is 15.0 Å². The van der Waals surface area contributed by atoms with Gasteiger partial charge in [-0.1, -0.05) is 26.0 Å². The van der Waals surface area contributed by atoms with Gasteiger partial charge in [0.05, 0.1) is 6.20 Å². The number of nitrogens with two attached hydrogens (primary N) is 1. The summed E-state index contributed by atoms with van der Waals surface area (Å²) in [7, 11) is 0. The maximum Gasteiger partial charge on any atom is 0.144 e. The molecule has 5 heteroatoms. The van der Waals surface area contributed by atoms with Crippen LogP contribution >= 0.6 is 0 Å². The Labute approximate surface area is 104 Å². The van der Waals surface area contributed by atoms with Crippen LogP contribution in [0.4, 0.5) is 5.82 Å². The molecule has 0 aliphatic heterocycles. The summed E-state index contributed by atoms with van der Waals surface area (Å²) in [5, 5.41) is 11.4. The summed E-state index contributed by atoms with van der Waals surface area (Å²) < 4.78 is 1.92. The summed E-state index contributed by atoms with van der Waals surface area (Å²) in [4.78, 5) is 0. The van der Waals surface area contributed by atoms with Crippen LogP contribution in [-0.4, -0.2) is 28.1 Å². The minimum atomic E-state index is 0.251. The molecule has 1 aromatic rings. The van der Waals surface area contributed by atoms with Crippen LogP contribution in [-0.2, 0) is 6.54 Å². The van der Waals surface area contributed by atoms with Gasteiger partial charge in [-0.25, -0.2) is 4.68 Å². The molecule has 3 N–H and O–H groups in total. The van der Waals surface area contributed by atoms with Gasteiger partial charge in [-0.15, -0.1) is 5.10 Å². The van der Waals surface area contributed by atoms with Gasteiger partial charge in [-0.3, -0.25) is 0 Å². The van der Waals surface area contributed by atoms with E-state index in [1.807, 2.05) is 4.68 Å². The number of aryl methyl sites for hydroxylation is 1. The van der Waals surface area contributed by atoms with E-state index in [0.29, 0.717) is 0 Å². The standard InChI is InChI=1S/C12H25N5/c1-4-8-17-11(9-15-16-17)14-10-12(2,3)6-5-7-13/h9,14H,4-8,10,13H2,1-3H3. The van der Waals surface area contributed by atoms with E-state index < -0.39 is 0 Å². The van der Waals surface area contributed by atoms with Gasteiger partial charge in [0.15, 0.2) is 0 Å². The summed E-state index contributed by atoms with van der Waals surface area (Å²) in [5.41, 5.74) is 5.80. The molecule has 1 rings (SSSR count). The Hall–Kier alpha value is -1.10. The van der Waals surface area contributed by atoms with Crippen LogP contribution in [0, 0.1) is 5.41 Å². The molecule has 0 saturated carbocycles. The third kappa shape index (κ3) is 4.73. The summed E-state index contributed by atoms with van der Waals surface area (Å²) in [5.74, 6) is 1.01. The first-order chi connectivity index (χ1) is 8.09. The van der Waals surface area contributed by atoms with Crippen molar-refractivity contribution in [3.63, 3.8) is 0 Å². The van der Waals surface area contributed by atoms with Gasteiger partial charge >= 0.3 is 0 Å². The molecule has 17 heavy (non-hydrogen) atoms. The van der Waals surface area contributed by atoms with Crippen molar-refractivity contribution < 1.29 is 0 Å². The predicted molar refractivity (Wildman–Crippen MR) is 70.9 cm³/mol. The third-order valence-electron chi connectivity index (χ3n) is 2.86. The average molecular weight is 239 g/mol. The molecule has 0 fully saturated rings. The lowest BCUT2D eigenvalue weighted by molar-refractivity contribution is 0.349. The van der Waals surface area contributed by atoms with E-state index >= 15 is 0 Å². The largest absolute Gasteiger partial charge is 0.368 e. The highest BCUT2D eigenvalue weighted by Crippen LogP contribution is 2.22. The zero-order valence-corrected chi connectivity index (χ0v) is 11.2. The van der Waals surface area contributed by atoms with E-state index in [-0.39, 0.29) is 5.41 Å². The number of hydrogen-bond donors (Lipinski definition) is 2.